The van der Waals surface area contributed by atoms with Crippen molar-refractivity contribution in [3.8, 4) is 5.75 Å². The van der Waals surface area contributed by atoms with Gasteiger partial charge in [-0.15, -0.1) is 0 Å². The predicted molar refractivity (Wildman–Crippen MR) is 77.4 cm³/mol. The zero-order valence-electron chi connectivity index (χ0n) is 12.3. The first-order chi connectivity index (χ1) is 10.2. The molecule has 1 aromatic carbocycles. The van der Waals surface area contributed by atoms with Gasteiger partial charge in [0.1, 0.15) is 5.75 Å². The Morgan fingerprint density at radius 1 is 1.29 bits per heavy atom. The Bertz CT molecular complexity index is 466. The molecule has 3 unspecified atom stereocenters. The molecule has 0 radical (unpaired) electrons. The van der Waals surface area contributed by atoms with Gasteiger partial charge in [-0.1, -0.05) is 19.1 Å². The van der Waals surface area contributed by atoms with Crippen molar-refractivity contribution in [3.05, 3.63) is 29.8 Å². The van der Waals surface area contributed by atoms with Crippen molar-refractivity contribution in [1.82, 2.24) is 10.2 Å². The van der Waals surface area contributed by atoms with Gasteiger partial charge in [-0.05, 0) is 49.0 Å². The second-order valence-electron chi connectivity index (χ2n) is 6.01. The Hall–Kier alpha value is -1.20. The van der Waals surface area contributed by atoms with Crippen LogP contribution in [0.15, 0.2) is 24.3 Å². The maximum Gasteiger partial charge on any atom is 0.387 e. The molecule has 2 aliphatic rings. The zero-order chi connectivity index (χ0) is 14.8. The highest BCUT2D eigenvalue weighted by Crippen LogP contribution is 2.35. The van der Waals surface area contributed by atoms with E-state index in [4.69, 9.17) is 0 Å². The van der Waals surface area contributed by atoms with E-state index >= 15 is 0 Å². The largest absolute Gasteiger partial charge is 0.435 e. The molecule has 116 valence electrons. The Morgan fingerprint density at radius 2 is 2.05 bits per heavy atom. The summed E-state index contributed by atoms with van der Waals surface area (Å²) in [4.78, 5) is 2.54. The fourth-order valence-electron chi connectivity index (χ4n) is 3.86. The summed E-state index contributed by atoms with van der Waals surface area (Å²) >= 11 is 0. The Kier molecular flexibility index (Phi) is 4.40. The van der Waals surface area contributed by atoms with E-state index in [0.717, 1.165) is 50.0 Å². The number of likely N-dealkylation sites (tertiary alicyclic amines) is 1. The molecule has 2 aliphatic heterocycles. The second-order valence-corrected chi connectivity index (χ2v) is 6.01. The van der Waals surface area contributed by atoms with Gasteiger partial charge in [0.2, 0.25) is 0 Å². The lowest BCUT2D eigenvalue weighted by molar-refractivity contribution is -0.0498. The monoisotopic (exact) mass is 296 g/mol. The van der Waals surface area contributed by atoms with Crippen molar-refractivity contribution in [2.45, 2.75) is 32.5 Å². The van der Waals surface area contributed by atoms with Gasteiger partial charge in [-0.25, -0.2) is 0 Å². The highest BCUT2D eigenvalue weighted by molar-refractivity contribution is 5.27. The molecule has 0 saturated carbocycles. The highest BCUT2D eigenvalue weighted by atomic mass is 19.3. The van der Waals surface area contributed by atoms with Gasteiger partial charge < -0.3 is 10.1 Å². The molecule has 5 heteroatoms. The summed E-state index contributed by atoms with van der Waals surface area (Å²) in [5, 5.41) is 3.48. The Morgan fingerprint density at radius 3 is 2.71 bits per heavy atom. The maximum atomic E-state index is 12.1. The van der Waals surface area contributed by atoms with Crippen LogP contribution in [0.3, 0.4) is 0 Å². The quantitative estimate of drug-likeness (QED) is 0.904. The number of fused-ring (bicyclic) bond motifs is 1. The van der Waals surface area contributed by atoms with Gasteiger partial charge in [0, 0.05) is 19.1 Å². The van der Waals surface area contributed by atoms with E-state index in [0.29, 0.717) is 6.04 Å². The van der Waals surface area contributed by atoms with Crippen LogP contribution >= 0.6 is 0 Å². The molecule has 1 aromatic rings. The number of hydrogen-bond donors (Lipinski definition) is 1. The van der Waals surface area contributed by atoms with Gasteiger partial charge in [-0.2, -0.15) is 8.78 Å². The fourth-order valence-corrected chi connectivity index (χ4v) is 3.86. The molecule has 2 fully saturated rings. The van der Waals surface area contributed by atoms with Gasteiger partial charge in [0.25, 0.3) is 0 Å². The summed E-state index contributed by atoms with van der Waals surface area (Å²) in [5.41, 5.74) is 1.16. The molecule has 3 nitrogen and oxygen atoms in total. The highest BCUT2D eigenvalue weighted by Gasteiger charge is 2.42. The molecule has 3 rings (SSSR count). The number of benzene rings is 1. The third kappa shape index (κ3) is 3.19. The molecule has 3 atom stereocenters. The number of rotatable bonds is 5. The van der Waals surface area contributed by atoms with Crippen LogP contribution < -0.4 is 10.1 Å². The number of alkyl halides is 2. The molecule has 0 spiro atoms. The van der Waals surface area contributed by atoms with E-state index in [1.165, 1.54) is 0 Å². The molecular weight excluding hydrogens is 274 g/mol. The minimum absolute atomic E-state index is 0.225. The number of hydrogen-bond acceptors (Lipinski definition) is 3. The van der Waals surface area contributed by atoms with Crippen LogP contribution in [-0.2, 0) is 6.54 Å². The fraction of sp³-hybridized carbons (Fsp3) is 0.625. The van der Waals surface area contributed by atoms with E-state index in [1.54, 1.807) is 12.1 Å². The lowest BCUT2D eigenvalue weighted by Gasteiger charge is -2.26. The minimum Gasteiger partial charge on any atom is -0.435 e. The van der Waals surface area contributed by atoms with Crippen molar-refractivity contribution >= 4 is 0 Å². The number of nitrogens with one attached hydrogen (secondary N) is 1. The van der Waals surface area contributed by atoms with E-state index < -0.39 is 6.61 Å². The van der Waals surface area contributed by atoms with Crippen molar-refractivity contribution < 1.29 is 13.5 Å². The summed E-state index contributed by atoms with van der Waals surface area (Å²) in [6.07, 6.45) is 1.16. The average molecular weight is 296 g/mol. The SMILES string of the molecule is CCC1C2CNCC2CN1Cc1ccc(OC(F)F)cc1. The topological polar surface area (TPSA) is 24.5 Å². The summed E-state index contributed by atoms with van der Waals surface area (Å²) in [5.74, 6) is 1.75. The number of halogens is 2. The average Bonchev–Trinajstić information content (AvgIpc) is 3.00. The van der Waals surface area contributed by atoms with Crippen molar-refractivity contribution in [2.75, 3.05) is 19.6 Å². The third-order valence-electron chi connectivity index (χ3n) is 4.78. The van der Waals surface area contributed by atoms with Crippen LogP contribution in [0.5, 0.6) is 5.75 Å². The molecule has 2 heterocycles. The lowest BCUT2D eigenvalue weighted by Crippen LogP contribution is -2.34. The van der Waals surface area contributed by atoms with Gasteiger partial charge >= 0.3 is 6.61 Å². The van der Waals surface area contributed by atoms with Gasteiger partial charge in [-0.3, -0.25) is 4.90 Å². The van der Waals surface area contributed by atoms with E-state index in [1.807, 2.05) is 12.1 Å². The van der Waals surface area contributed by atoms with Gasteiger partial charge in [0.05, 0.1) is 0 Å². The van der Waals surface area contributed by atoms with Crippen molar-refractivity contribution in [3.63, 3.8) is 0 Å². The van der Waals surface area contributed by atoms with E-state index in [9.17, 15) is 8.78 Å². The van der Waals surface area contributed by atoms with Crippen LogP contribution in [0, 0.1) is 11.8 Å². The molecule has 0 amide bonds. The predicted octanol–water partition coefficient (Wildman–Crippen LogP) is 2.72. The summed E-state index contributed by atoms with van der Waals surface area (Å²) in [6.45, 7) is 3.76. The van der Waals surface area contributed by atoms with Crippen LogP contribution in [-0.4, -0.2) is 37.2 Å². The van der Waals surface area contributed by atoms with Crippen molar-refractivity contribution in [2.24, 2.45) is 11.8 Å². The van der Waals surface area contributed by atoms with Crippen LogP contribution in [0.4, 0.5) is 8.78 Å². The van der Waals surface area contributed by atoms with Crippen LogP contribution in [0.2, 0.25) is 0 Å². The minimum atomic E-state index is -2.76. The number of nitrogens with zero attached hydrogens (tertiary/aromatic N) is 1. The molecular formula is C16H22F2N2O. The standard InChI is InChI=1S/C16H22F2N2O/c1-2-15-14-8-19-7-12(14)10-20(15)9-11-3-5-13(6-4-11)21-16(17)18/h3-6,12,14-16,19H,2,7-10H2,1H3. The summed E-state index contributed by atoms with van der Waals surface area (Å²) < 4.78 is 28.7. The molecule has 2 saturated heterocycles. The Labute approximate surface area is 124 Å². The van der Waals surface area contributed by atoms with Crippen LogP contribution in [0.25, 0.3) is 0 Å². The van der Waals surface area contributed by atoms with Gasteiger partial charge in [0.15, 0.2) is 0 Å². The smallest absolute Gasteiger partial charge is 0.387 e. The molecule has 0 aliphatic carbocycles. The maximum absolute atomic E-state index is 12.1. The van der Waals surface area contributed by atoms with Crippen molar-refractivity contribution in [1.29, 1.82) is 0 Å². The molecule has 0 aromatic heterocycles. The van der Waals surface area contributed by atoms with E-state index in [2.05, 4.69) is 21.9 Å². The normalized spacial score (nSPS) is 29.0. The summed E-state index contributed by atoms with van der Waals surface area (Å²) in [7, 11) is 0. The van der Waals surface area contributed by atoms with E-state index in [-0.39, 0.29) is 5.75 Å². The lowest BCUT2D eigenvalue weighted by atomic mass is 9.93. The first kappa shape index (κ1) is 14.7. The summed E-state index contributed by atoms with van der Waals surface area (Å²) in [6, 6.07) is 7.65. The second kappa shape index (κ2) is 6.28. The molecule has 0 bridgehead atoms. The van der Waals surface area contributed by atoms with Crippen LogP contribution in [0.1, 0.15) is 18.9 Å². The first-order valence-corrected chi connectivity index (χ1v) is 7.66. The Balaban J connectivity index is 1.63. The zero-order valence-corrected chi connectivity index (χ0v) is 12.3. The third-order valence-corrected chi connectivity index (χ3v) is 4.78. The molecule has 1 N–H and O–H groups in total. The molecule has 21 heavy (non-hydrogen) atoms. The first-order valence-electron chi connectivity index (χ1n) is 7.66. The number of ether oxygens (including phenoxy) is 1.